The molecule has 1 aromatic carbocycles. The normalized spacial score (nSPS) is 11.7. The predicted molar refractivity (Wildman–Crippen MR) is 90.5 cm³/mol. The molecule has 2 N–H and O–H groups in total. The quantitative estimate of drug-likeness (QED) is 0.727. The summed E-state index contributed by atoms with van der Waals surface area (Å²) in [4.78, 5) is 8.78. The van der Waals surface area contributed by atoms with Gasteiger partial charge in [0.05, 0.1) is 10.0 Å². The van der Waals surface area contributed by atoms with Gasteiger partial charge < -0.3 is 10.6 Å². The van der Waals surface area contributed by atoms with Crippen LogP contribution in [0, 0.1) is 0 Å². The first-order valence-electron chi connectivity index (χ1n) is 6.82. The molecule has 0 saturated carbocycles. The first-order chi connectivity index (χ1) is 10.8. The van der Waals surface area contributed by atoms with E-state index in [4.69, 9.17) is 23.2 Å². The first kappa shape index (κ1) is 15.8. The Morgan fingerprint density at radius 2 is 1.61 bits per heavy atom. The zero-order valence-electron chi connectivity index (χ0n) is 12.7. The number of hydrogen-bond acceptors (Lipinski definition) is 7. The van der Waals surface area contributed by atoms with E-state index in [0.29, 0.717) is 33.0 Å². The Hall–Kier alpha value is -2.12. The molecule has 0 aliphatic rings. The number of nitrogens with one attached hydrogen (secondary N) is 2. The van der Waals surface area contributed by atoms with E-state index in [2.05, 4.69) is 35.5 Å². The van der Waals surface area contributed by atoms with Gasteiger partial charge in [0.2, 0.25) is 11.3 Å². The second-order valence-electron chi connectivity index (χ2n) is 5.96. The van der Waals surface area contributed by atoms with Crippen molar-refractivity contribution in [2.75, 3.05) is 10.6 Å². The van der Waals surface area contributed by atoms with Crippen LogP contribution in [-0.4, -0.2) is 25.8 Å². The Kier molecular flexibility index (Phi) is 3.99. The number of benzene rings is 1. The summed E-state index contributed by atoms with van der Waals surface area (Å²) in [7, 11) is 0. The molecule has 0 spiro atoms. The Morgan fingerprint density at radius 1 is 0.957 bits per heavy atom. The van der Waals surface area contributed by atoms with Crippen molar-refractivity contribution in [2.24, 2.45) is 0 Å². The number of anilines is 3. The van der Waals surface area contributed by atoms with Gasteiger partial charge in [-0.3, -0.25) is 0 Å². The number of rotatable bonds is 3. The van der Waals surface area contributed by atoms with Crippen molar-refractivity contribution in [3.05, 3.63) is 28.2 Å². The average Bonchev–Trinajstić information content (AvgIpc) is 2.88. The number of hydrogen-bond donors (Lipinski definition) is 2. The van der Waals surface area contributed by atoms with Crippen molar-refractivity contribution < 1.29 is 4.63 Å². The highest BCUT2D eigenvalue weighted by Gasteiger charge is 2.18. The Morgan fingerprint density at radius 3 is 2.22 bits per heavy atom. The molecule has 0 fully saturated rings. The van der Waals surface area contributed by atoms with Gasteiger partial charge in [0.1, 0.15) is 0 Å². The molecular weight excluding hydrogens is 339 g/mol. The van der Waals surface area contributed by atoms with Crippen LogP contribution < -0.4 is 10.6 Å². The van der Waals surface area contributed by atoms with Gasteiger partial charge in [-0.1, -0.05) is 23.2 Å². The number of aromatic nitrogens is 4. The zero-order valence-corrected chi connectivity index (χ0v) is 14.2. The van der Waals surface area contributed by atoms with Crippen molar-refractivity contribution in [3.63, 3.8) is 0 Å². The van der Waals surface area contributed by atoms with Crippen LogP contribution in [0.15, 0.2) is 22.8 Å². The van der Waals surface area contributed by atoms with E-state index in [9.17, 15) is 0 Å². The summed E-state index contributed by atoms with van der Waals surface area (Å²) in [6.45, 7) is 6.05. The Balaban J connectivity index is 2.02. The average molecular weight is 353 g/mol. The lowest BCUT2D eigenvalue weighted by Gasteiger charge is -2.22. The van der Waals surface area contributed by atoms with Crippen molar-refractivity contribution in [1.29, 1.82) is 0 Å². The molecule has 0 saturated heterocycles. The van der Waals surface area contributed by atoms with Crippen LogP contribution >= 0.6 is 23.2 Å². The summed E-state index contributed by atoms with van der Waals surface area (Å²) in [6, 6.07) is 5.20. The van der Waals surface area contributed by atoms with Gasteiger partial charge in [0, 0.05) is 11.2 Å². The molecule has 0 atom stereocenters. The molecule has 2 heterocycles. The van der Waals surface area contributed by atoms with E-state index in [1.807, 2.05) is 20.8 Å². The fourth-order valence-corrected chi connectivity index (χ4v) is 2.18. The second-order valence-corrected chi connectivity index (χ2v) is 6.78. The van der Waals surface area contributed by atoms with Crippen LogP contribution in [0.4, 0.5) is 17.3 Å². The van der Waals surface area contributed by atoms with Crippen LogP contribution in [-0.2, 0) is 0 Å². The molecule has 0 radical (unpaired) electrons. The summed E-state index contributed by atoms with van der Waals surface area (Å²) < 4.78 is 4.67. The highest BCUT2D eigenvalue weighted by molar-refractivity contribution is 6.42. The highest BCUT2D eigenvalue weighted by atomic mass is 35.5. The molecule has 3 rings (SSSR count). The Bertz CT molecular complexity index is 858. The lowest BCUT2D eigenvalue weighted by Crippen LogP contribution is -2.27. The minimum Gasteiger partial charge on any atom is -0.362 e. The molecule has 3 aromatic rings. The van der Waals surface area contributed by atoms with E-state index >= 15 is 0 Å². The molecule has 0 bridgehead atoms. The van der Waals surface area contributed by atoms with Crippen LogP contribution in [0.25, 0.3) is 11.3 Å². The van der Waals surface area contributed by atoms with E-state index < -0.39 is 0 Å². The van der Waals surface area contributed by atoms with E-state index in [0.717, 1.165) is 5.69 Å². The number of fused-ring (bicyclic) bond motifs is 1. The third-order valence-corrected chi connectivity index (χ3v) is 3.53. The van der Waals surface area contributed by atoms with Gasteiger partial charge in [-0.2, -0.15) is 0 Å². The molecule has 2 aromatic heterocycles. The molecule has 0 aliphatic heterocycles. The zero-order chi connectivity index (χ0) is 16.6. The van der Waals surface area contributed by atoms with Gasteiger partial charge in [0.25, 0.3) is 0 Å². The maximum atomic E-state index is 6.04. The van der Waals surface area contributed by atoms with Crippen molar-refractivity contribution >= 4 is 51.8 Å². The first-order valence-corrected chi connectivity index (χ1v) is 7.58. The van der Waals surface area contributed by atoms with Crippen LogP contribution in [0.5, 0.6) is 0 Å². The fourth-order valence-electron chi connectivity index (χ4n) is 1.88. The largest absolute Gasteiger partial charge is 0.362 e. The van der Waals surface area contributed by atoms with Crippen molar-refractivity contribution in [1.82, 2.24) is 20.3 Å². The molecule has 120 valence electrons. The van der Waals surface area contributed by atoms with Gasteiger partial charge in [-0.25, -0.2) is 14.6 Å². The molecular formula is C14H14Cl2N6O. The third kappa shape index (κ3) is 3.62. The van der Waals surface area contributed by atoms with Gasteiger partial charge in [-0.05, 0) is 49.3 Å². The SMILES string of the molecule is CC(C)(C)Nc1nc2nonc2nc1Nc1ccc(Cl)c(Cl)c1. The molecule has 0 unspecified atom stereocenters. The molecule has 23 heavy (non-hydrogen) atoms. The lowest BCUT2D eigenvalue weighted by atomic mass is 10.1. The van der Waals surface area contributed by atoms with E-state index in [1.165, 1.54) is 0 Å². The number of halogens is 2. The van der Waals surface area contributed by atoms with Gasteiger partial charge >= 0.3 is 0 Å². The topological polar surface area (TPSA) is 88.8 Å². The van der Waals surface area contributed by atoms with Crippen LogP contribution in [0.1, 0.15) is 20.8 Å². The molecule has 9 heteroatoms. The standard InChI is InChI=1S/C14H14Cl2N6O/c1-14(2,3)20-11-10(18-12-13(19-11)22-23-21-12)17-7-4-5-8(15)9(16)6-7/h4-6H,1-3H3,(H,17,18,21)(H,19,20,22). The van der Waals surface area contributed by atoms with Crippen LogP contribution in [0.3, 0.4) is 0 Å². The summed E-state index contributed by atoms with van der Waals surface area (Å²) >= 11 is 12.0. The van der Waals surface area contributed by atoms with E-state index in [1.54, 1.807) is 18.2 Å². The monoisotopic (exact) mass is 352 g/mol. The summed E-state index contributed by atoms with van der Waals surface area (Å²) in [5, 5.41) is 14.8. The molecule has 7 nitrogen and oxygen atoms in total. The number of nitrogens with zero attached hydrogens (tertiary/aromatic N) is 4. The minimum absolute atomic E-state index is 0.215. The lowest BCUT2D eigenvalue weighted by molar-refractivity contribution is 0.314. The fraction of sp³-hybridized carbons (Fsp3) is 0.286. The summed E-state index contributed by atoms with van der Waals surface area (Å²) in [5.41, 5.74) is 1.15. The van der Waals surface area contributed by atoms with Crippen molar-refractivity contribution in [3.8, 4) is 0 Å². The highest BCUT2D eigenvalue weighted by Crippen LogP contribution is 2.29. The van der Waals surface area contributed by atoms with E-state index in [-0.39, 0.29) is 5.54 Å². The maximum absolute atomic E-state index is 6.04. The van der Waals surface area contributed by atoms with Crippen molar-refractivity contribution in [2.45, 2.75) is 26.3 Å². The minimum atomic E-state index is -0.215. The predicted octanol–water partition coefficient (Wildman–Crippen LogP) is 4.27. The third-order valence-electron chi connectivity index (χ3n) is 2.79. The molecule has 0 amide bonds. The second kappa shape index (κ2) is 5.82. The smallest absolute Gasteiger partial charge is 0.245 e. The molecule has 0 aliphatic carbocycles. The van der Waals surface area contributed by atoms with Gasteiger partial charge in [-0.15, -0.1) is 0 Å². The maximum Gasteiger partial charge on any atom is 0.245 e. The summed E-state index contributed by atoms with van der Waals surface area (Å²) in [5.74, 6) is 1.02. The Labute approximate surface area is 142 Å². The van der Waals surface area contributed by atoms with Crippen LogP contribution in [0.2, 0.25) is 10.0 Å². The summed E-state index contributed by atoms with van der Waals surface area (Å²) in [6.07, 6.45) is 0. The van der Waals surface area contributed by atoms with Gasteiger partial charge in [0.15, 0.2) is 11.6 Å².